The van der Waals surface area contributed by atoms with Crippen LogP contribution in [0.25, 0.3) is 32.7 Å². The minimum Gasteiger partial charge on any atom is -0.508 e. The highest BCUT2D eigenvalue weighted by molar-refractivity contribution is 5.99. The lowest BCUT2D eigenvalue weighted by molar-refractivity contribution is -0.140. The number of amides is 7. The Hall–Kier alpha value is -9.71. The first-order valence-electron chi connectivity index (χ1n) is 26.3. The van der Waals surface area contributed by atoms with E-state index in [9.17, 15) is 48.6 Å². The third-order valence-corrected chi connectivity index (χ3v) is 13.8. The predicted molar refractivity (Wildman–Crippen MR) is 304 cm³/mol. The highest BCUT2D eigenvalue weighted by atomic mass is 16.4. The van der Waals surface area contributed by atoms with E-state index >= 15 is 0 Å². The van der Waals surface area contributed by atoms with Crippen molar-refractivity contribution in [2.75, 3.05) is 6.54 Å². The number of carbonyl (C=O) groups excluding carboxylic acids is 7. The topological polar surface area (TPSA) is 413 Å². The number of benzene rings is 4. The van der Waals surface area contributed by atoms with Gasteiger partial charge in [0.1, 0.15) is 42.0 Å². The molecule has 426 valence electrons. The summed E-state index contributed by atoms with van der Waals surface area (Å²) >= 11 is 0. The van der Waals surface area contributed by atoms with Crippen LogP contribution in [0.15, 0.2) is 121 Å². The maximum atomic E-state index is 15.0. The van der Waals surface area contributed by atoms with Gasteiger partial charge in [-0.05, 0) is 71.3 Å². The van der Waals surface area contributed by atoms with Crippen molar-refractivity contribution in [1.82, 2.24) is 46.9 Å². The summed E-state index contributed by atoms with van der Waals surface area (Å²) < 4.78 is 0. The Morgan fingerprint density at radius 2 is 0.914 bits per heavy atom. The van der Waals surface area contributed by atoms with Gasteiger partial charge < -0.3 is 80.0 Å². The van der Waals surface area contributed by atoms with Gasteiger partial charge in [0.05, 0.1) is 12.5 Å². The third kappa shape index (κ3) is 16.0. The fraction of sp³-hybridized carbons (Fsp3) is 0.316. The van der Waals surface area contributed by atoms with Crippen molar-refractivity contribution in [3.05, 3.63) is 138 Å². The van der Waals surface area contributed by atoms with E-state index in [2.05, 4.69) is 51.8 Å². The van der Waals surface area contributed by atoms with E-state index in [1.54, 1.807) is 38.5 Å². The minimum atomic E-state index is -1.54. The Bertz CT molecular complexity index is 3420. The fourth-order valence-corrected chi connectivity index (χ4v) is 9.48. The van der Waals surface area contributed by atoms with Gasteiger partial charge in [-0.3, -0.25) is 43.3 Å². The second-order valence-corrected chi connectivity index (χ2v) is 20.2. The minimum absolute atomic E-state index is 0.0614. The molecule has 7 rings (SSSR count). The summed E-state index contributed by atoms with van der Waals surface area (Å²) in [4.78, 5) is 125. The Morgan fingerprint density at radius 3 is 1.33 bits per heavy atom. The zero-order valence-electron chi connectivity index (χ0n) is 44.7. The van der Waals surface area contributed by atoms with Gasteiger partial charge in [0.25, 0.3) is 0 Å². The van der Waals surface area contributed by atoms with E-state index in [1.165, 1.54) is 24.3 Å². The van der Waals surface area contributed by atoms with Crippen LogP contribution in [0.1, 0.15) is 55.4 Å². The van der Waals surface area contributed by atoms with E-state index in [0.29, 0.717) is 22.3 Å². The Labute approximate surface area is 465 Å². The average Bonchev–Trinajstić information content (AvgIpc) is 4.23. The summed E-state index contributed by atoms with van der Waals surface area (Å²) in [5.41, 5.74) is 27.2. The van der Waals surface area contributed by atoms with Gasteiger partial charge in [-0.15, -0.1) is 0 Å². The van der Waals surface area contributed by atoms with Gasteiger partial charge in [0, 0.05) is 83.5 Å². The van der Waals surface area contributed by atoms with Crippen LogP contribution in [0.3, 0.4) is 0 Å². The second kappa shape index (κ2) is 27.2. The number of phenolic OH excluding ortho intramolecular Hbond substituents is 1. The van der Waals surface area contributed by atoms with Crippen molar-refractivity contribution in [2.24, 2.45) is 33.8 Å². The summed E-state index contributed by atoms with van der Waals surface area (Å²) in [7, 11) is 0. The van der Waals surface area contributed by atoms with E-state index in [4.69, 9.17) is 22.9 Å². The number of phenols is 1. The van der Waals surface area contributed by atoms with Crippen LogP contribution in [-0.2, 0) is 64.0 Å². The van der Waals surface area contributed by atoms with E-state index in [1.807, 2.05) is 66.7 Å². The number of hydrogen-bond donors (Lipinski definition) is 15. The molecule has 24 heteroatoms. The smallest absolute Gasteiger partial charge is 0.305 e. The molecule has 7 amide bonds. The van der Waals surface area contributed by atoms with Crippen LogP contribution in [0, 0.1) is 5.92 Å². The predicted octanol–water partition coefficient (Wildman–Crippen LogP) is 1.01. The number of nitrogens with one attached hydrogen (secondary N) is 9. The molecule has 0 radical (unpaired) electrons. The lowest BCUT2D eigenvalue weighted by Crippen LogP contribution is -2.61. The standard InChI is InChI=1S/C57H68N14O10/c1-30(2)49(71-55(80)47(25-34-29-65-42-15-8-5-12-38(34)42)69-52(77)44(22-31-17-19-35(72)20-18-31)67-51(76)39(58)26-48(73)74)56(81)70-46(24-33-28-64-41-14-7-4-11-37(33)41)54(79)68-45(23-32-27-63-40-13-6-3-10-36(32)40)53(78)66-43(50(59)75)16-9-21-62-57(60)61/h3-8,10-15,17-20,27-30,39,43-47,49,63-65,72H,9,16,21-26,58H2,1-2H3,(H2,59,75)(H,66,78)(H,67,76)(H,68,79)(H,69,77)(H,70,81)(H,71,80)(H,73,74)(H4,60,61,62)/t39-,43-,44-,45-,46+,47+,49-/m0/s1. The number of primary amides is 1. The maximum Gasteiger partial charge on any atom is 0.305 e. The number of aliphatic imine (C=N–C) groups is 1. The lowest BCUT2D eigenvalue weighted by Gasteiger charge is -2.29. The number of carbonyl (C=O) groups is 8. The number of nitrogens with zero attached hydrogens (tertiary/aromatic N) is 1. The van der Waals surface area contributed by atoms with Gasteiger partial charge in [-0.1, -0.05) is 80.6 Å². The third-order valence-electron chi connectivity index (χ3n) is 13.8. The molecule has 0 aliphatic carbocycles. The summed E-state index contributed by atoms with van der Waals surface area (Å²) in [6.07, 6.45) is 4.19. The number of aromatic nitrogens is 3. The molecule has 81 heavy (non-hydrogen) atoms. The first kappa shape index (κ1) is 59.0. The second-order valence-electron chi connectivity index (χ2n) is 20.2. The zero-order valence-corrected chi connectivity index (χ0v) is 44.7. The summed E-state index contributed by atoms with van der Waals surface area (Å²) in [5.74, 6) is -8.02. The Morgan fingerprint density at radius 1 is 0.519 bits per heavy atom. The molecule has 0 aliphatic heterocycles. The average molecular weight is 1110 g/mol. The largest absolute Gasteiger partial charge is 0.508 e. The molecule has 7 aromatic rings. The number of aromatic hydroxyl groups is 1. The van der Waals surface area contributed by atoms with Crippen LogP contribution >= 0.6 is 0 Å². The number of hydrogen-bond acceptors (Lipinski definition) is 11. The summed E-state index contributed by atoms with van der Waals surface area (Å²) in [5, 5.41) is 38.0. The molecule has 0 saturated heterocycles. The molecule has 3 heterocycles. The monoisotopic (exact) mass is 1110 g/mol. The molecule has 19 N–H and O–H groups in total. The van der Waals surface area contributed by atoms with Crippen LogP contribution in [-0.4, -0.2) is 127 Å². The molecule has 0 bridgehead atoms. The number of para-hydroxylation sites is 3. The SMILES string of the molecule is CC(C)[C@H](NC(=O)[C@@H](Cc1c[nH]c2ccccc12)NC(=O)[C@H](Cc1ccc(O)cc1)NC(=O)[C@@H](N)CC(=O)O)C(=O)N[C@H](Cc1c[nH]c2ccccc12)C(=O)N[C@@H](Cc1c[nH]c2ccccc12)C(=O)N[C@@H](CCCN=C(N)N)C(N)=O. The Balaban J connectivity index is 1.18. The summed E-state index contributed by atoms with van der Waals surface area (Å²) in [6, 6.07) is 18.1. The number of carboxylic acids is 1. The number of carboxylic acid groups (broad SMARTS) is 1. The van der Waals surface area contributed by atoms with Gasteiger partial charge in [-0.2, -0.15) is 0 Å². The molecule has 0 unspecified atom stereocenters. The molecule has 24 nitrogen and oxygen atoms in total. The van der Waals surface area contributed by atoms with Gasteiger partial charge in [-0.25, -0.2) is 0 Å². The van der Waals surface area contributed by atoms with Crippen molar-refractivity contribution in [2.45, 2.75) is 101 Å². The van der Waals surface area contributed by atoms with E-state index in [-0.39, 0.29) is 56.8 Å². The van der Waals surface area contributed by atoms with Crippen LogP contribution in [0.5, 0.6) is 5.75 Å². The molecule has 0 saturated carbocycles. The van der Waals surface area contributed by atoms with Crippen molar-refractivity contribution >= 4 is 86.0 Å². The van der Waals surface area contributed by atoms with E-state index < -0.39 is 102 Å². The number of rotatable bonds is 28. The molecule has 7 atom stereocenters. The van der Waals surface area contributed by atoms with Gasteiger partial charge >= 0.3 is 5.97 Å². The molecule has 0 aliphatic rings. The van der Waals surface area contributed by atoms with Gasteiger partial charge in [0.2, 0.25) is 41.4 Å². The van der Waals surface area contributed by atoms with Gasteiger partial charge in [0.15, 0.2) is 5.96 Å². The van der Waals surface area contributed by atoms with Crippen LogP contribution in [0.2, 0.25) is 0 Å². The van der Waals surface area contributed by atoms with Crippen molar-refractivity contribution in [1.29, 1.82) is 0 Å². The molecule has 0 spiro atoms. The van der Waals surface area contributed by atoms with Crippen molar-refractivity contribution in [3.63, 3.8) is 0 Å². The highest BCUT2D eigenvalue weighted by Crippen LogP contribution is 2.23. The number of fused-ring (bicyclic) bond motifs is 3. The lowest BCUT2D eigenvalue weighted by atomic mass is 9.98. The number of aromatic amines is 3. The van der Waals surface area contributed by atoms with Crippen molar-refractivity contribution < 1.29 is 48.6 Å². The number of H-pyrrole nitrogens is 3. The highest BCUT2D eigenvalue weighted by Gasteiger charge is 2.36. The number of nitrogens with two attached hydrogens (primary N) is 4. The summed E-state index contributed by atoms with van der Waals surface area (Å²) in [6.45, 7) is 3.49. The molecule has 0 fully saturated rings. The Kier molecular flexibility index (Phi) is 19.8. The van der Waals surface area contributed by atoms with Crippen LogP contribution < -0.4 is 54.8 Å². The first-order chi connectivity index (χ1) is 38.7. The quantitative estimate of drug-likeness (QED) is 0.0185. The van der Waals surface area contributed by atoms with Crippen LogP contribution in [0.4, 0.5) is 0 Å². The number of aliphatic carboxylic acids is 1. The normalized spacial score (nSPS) is 13.9. The molecule has 3 aromatic heterocycles. The molecular formula is C57H68N14O10. The zero-order chi connectivity index (χ0) is 58.3. The van der Waals surface area contributed by atoms with E-state index in [0.717, 1.165) is 32.7 Å². The van der Waals surface area contributed by atoms with Crippen molar-refractivity contribution in [3.8, 4) is 5.75 Å². The maximum absolute atomic E-state index is 15.0. The fourth-order valence-electron chi connectivity index (χ4n) is 9.48. The molecule has 4 aromatic carbocycles. The number of guanidine groups is 1. The molecular weight excluding hydrogens is 1040 g/mol. The first-order valence-corrected chi connectivity index (χ1v) is 26.3.